The van der Waals surface area contributed by atoms with Gasteiger partial charge in [0.25, 0.3) is 5.91 Å². The highest BCUT2D eigenvalue weighted by atomic mass is 19.1. The lowest BCUT2D eigenvalue weighted by Crippen LogP contribution is -2.14. The first kappa shape index (κ1) is 17.4. The molecule has 0 unspecified atom stereocenters. The Labute approximate surface area is 149 Å². The van der Waals surface area contributed by atoms with Crippen molar-refractivity contribution in [3.05, 3.63) is 83.9 Å². The van der Waals surface area contributed by atoms with Crippen LogP contribution in [-0.2, 0) is 0 Å². The van der Waals surface area contributed by atoms with Crippen molar-refractivity contribution in [1.82, 2.24) is 0 Å². The molecule has 1 N–H and O–H groups in total. The predicted octanol–water partition coefficient (Wildman–Crippen LogP) is 5.02. The van der Waals surface area contributed by atoms with Crippen LogP contribution < -0.4 is 14.8 Å². The normalized spacial score (nSPS) is 10.3. The zero-order valence-corrected chi connectivity index (χ0v) is 13.8. The molecule has 3 aromatic carbocycles. The van der Waals surface area contributed by atoms with Crippen LogP contribution in [0.3, 0.4) is 0 Å². The number of carbonyl (C=O) groups is 1. The quantitative estimate of drug-likeness (QED) is 0.699. The van der Waals surface area contributed by atoms with Crippen molar-refractivity contribution < 1.29 is 23.0 Å². The summed E-state index contributed by atoms with van der Waals surface area (Å²) >= 11 is 0. The Morgan fingerprint density at radius 1 is 0.885 bits per heavy atom. The Hall–Kier alpha value is -3.41. The average molecular weight is 355 g/mol. The number of anilines is 1. The zero-order chi connectivity index (χ0) is 18.5. The average Bonchev–Trinajstić information content (AvgIpc) is 2.65. The lowest BCUT2D eigenvalue weighted by atomic mass is 10.2. The Morgan fingerprint density at radius 3 is 2.35 bits per heavy atom. The first-order valence-corrected chi connectivity index (χ1v) is 7.75. The summed E-state index contributed by atoms with van der Waals surface area (Å²) < 4.78 is 38.5. The molecule has 1 amide bonds. The van der Waals surface area contributed by atoms with Crippen LogP contribution >= 0.6 is 0 Å². The van der Waals surface area contributed by atoms with E-state index >= 15 is 0 Å². The van der Waals surface area contributed by atoms with Crippen molar-refractivity contribution in [3.8, 4) is 17.2 Å². The van der Waals surface area contributed by atoms with Crippen LogP contribution in [-0.4, -0.2) is 13.0 Å². The SMILES string of the molecule is COc1ccc(C(=O)Nc2c(F)cccc2Oc2ccccc2)cc1F. The Morgan fingerprint density at radius 2 is 1.65 bits per heavy atom. The van der Waals surface area contributed by atoms with Crippen LogP contribution in [0, 0.1) is 11.6 Å². The van der Waals surface area contributed by atoms with Crippen LogP contribution in [0.2, 0.25) is 0 Å². The lowest BCUT2D eigenvalue weighted by Gasteiger charge is -2.13. The maximum Gasteiger partial charge on any atom is 0.255 e. The van der Waals surface area contributed by atoms with E-state index in [-0.39, 0.29) is 22.7 Å². The number of halogens is 2. The third kappa shape index (κ3) is 3.80. The molecule has 0 saturated heterocycles. The van der Waals surface area contributed by atoms with E-state index in [1.54, 1.807) is 24.3 Å². The van der Waals surface area contributed by atoms with Gasteiger partial charge >= 0.3 is 0 Å². The van der Waals surface area contributed by atoms with Gasteiger partial charge in [0.15, 0.2) is 23.1 Å². The second-order valence-electron chi connectivity index (χ2n) is 5.33. The number of methoxy groups -OCH3 is 1. The van der Waals surface area contributed by atoms with E-state index in [1.165, 1.54) is 37.4 Å². The minimum atomic E-state index is -0.686. The number of hydrogen-bond acceptors (Lipinski definition) is 3. The largest absolute Gasteiger partial charge is 0.494 e. The van der Waals surface area contributed by atoms with Crippen molar-refractivity contribution in [2.75, 3.05) is 12.4 Å². The molecule has 0 aliphatic rings. The minimum absolute atomic E-state index is 0.0144. The van der Waals surface area contributed by atoms with Crippen molar-refractivity contribution in [3.63, 3.8) is 0 Å². The number of rotatable bonds is 5. The van der Waals surface area contributed by atoms with Crippen molar-refractivity contribution in [2.45, 2.75) is 0 Å². The molecule has 6 heteroatoms. The number of benzene rings is 3. The first-order chi connectivity index (χ1) is 12.6. The number of ether oxygens (including phenoxy) is 2. The molecule has 0 aromatic heterocycles. The first-order valence-electron chi connectivity index (χ1n) is 7.75. The summed E-state index contributed by atoms with van der Waals surface area (Å²) in [6.07, 6.45) is 0. The van der Waals surface area contributed by atoms with Gasteiger partial charge in [0, 0.05) is 5.56 Å². The highest BCUT2D eigenvalue weighted by Gasteiger charge is 2.16. The fourth-order valence-corrected chi connectivity index (χ4v) is 2.32. The van der Waals surface area contributed by atoms with Crippen LogP contribution in [0.4, 0.5) is 14.5 Å². The maximum absolute atomic E-state index is 14.2. The van der Waals surface area contributed by atoms with E-state index in [2.05, 4.69) is 5.32 Å². The molecule has 4 nitrogen and oxygen atoms in total. The molecule has 0 radical (unpaired) electrons. The van der Waals surface area contributed by atoms with Crippen LogP contribution in [0.5, 0.6) is 17.2 Å². The molecule has 0 fully saturated rings. The van der Waals surface area contributed by atoms with Crippen LogP contribution in [0.25, 0.3) is 0 Å². The van der Waals surface area contributed by atoms with Crippen molar-refractivity contribution >= 4 is 11.6 Å². The molecule has 0 bridgehead atoms. The van der Waals surface area contributed by atoms with Gasteiger partial charge in [-0.1, -0.05) is 24.3 Å². The predicted molar refractivity (Wildman–Crippen MR) is 93.8 cm³/mol. The van der Waals surface area contributed by atoms with Crippen LogP contribution in [0.1, 0.15) is 10.4 Å². The molecule has 0 aliphatic carbocycles. The van der Waals surface area contributed by atoms with Gasteiger partial charge in [0.2, 0.25) is 0 Å². The highest BCUT2D eigenvalue weighted by molar-refractivity contribution is 6.05. The summed E-state index contributed by atoms with van der Waals surface area (Å²) in [5, 5.41) is 2.43. The summed E-state index contributed by atoms with van der Waals surface area (Å²) in [7, 11) is 1.32. The fraction of sp³-hybridized carbons (Fsp3) is 0.0500. The van der Waals surface area contributed by atoms with E-state index in [1.807, 2.05) is 6.07 Å². The number of carbonyl (C=O) groups excluding carboxylic acids is 1. The highest BCUT2D eigenvalue weighted by Crippen LogP contribution is 2.32. The van der Waals surface area contributed by atoms with Gasteiger partial charge in [-0.2, -0.15) is 0 Å². The smallest absolute Gasteiger partial charge is 0.255 e. The standard InChI is InChI=1S/C20H15F2NO3/c1-25-17-11-10-13(12-16(17)22)20(24)23-19-15(21)8-5-9-18(19)26-14-6-3-2-4-7-14/h2-12H,1H3,(H,23,24). The number of nitrogens with one attached hydrogen (secondary N) is 1. The van der Waals surface area contributed by atoms with Crippen LogP contribution in [0.15, 0.2) is 66.7 Å². The van der Waals surface area contributed by atoms with Crippen molar-refractivity contribution in [2.24, 2.45) is 0 Å². The lowest BCUT2D eigenvalue weighted by molar-refractivity contribution is 0.102. The molecule has 26 heavy (non-hydrogen) atoms. The second-order valence-corrected chi connectivity index (χ2v) is 5.33. The monoisotopic (exact) mass is 355 g/mol. The summed E-state index contributed by atoms with van der Waals surface area (Å²) in [5.41, 5.74) is -0.102. The van der Waals surface area contributed by atoms with E-state index in [0.29, 0.717) is 5.75 Å². The van der Waals surface area contributed by atoms with Gasteiger partial charge < -0.3 is 14.8 Å². The van der Waals surface area contributed by atoms with Gasteiger partial charge in [0.05, 0.1) is 7.11 Å². The Kier molecular flexibility index (Phi) is 5.12. The van der Waals surface area contributed by atoms with Gasteiger partial charge in [-0.3, -0.25) is 4.79 Å². The maximum atomic E-state index is 14.2. The molecule has 132 valence electrons. The number of hydrogen-bond donors (Lipinski definition) is 1. The topological polar surface area (TPSA) is 47.6 Å². The summed E-state index contributed by atoms with van der Waals surface area (Å²) in [5.74, 6) is -1.38. The third-order valence-electron chi connectivity index (χ3n) is 3.60. The van der Waals surface area contributed by atoms with Crippen molar-refractivity contribution in [1.29, 1.82) is 0 Å². The van der Waals surface area contributed by atoms with E-state index < -0.39 is 17.5 Å². The molecular formula is C20H15F2NO3. The molecule has 0 spiro atoms. The second kappa shape index (κ2) is 7.65. The van der Waals surface area contributed by atoms with Gasteiger partial charge in [-0.15, -0.1) is 0 Å². The molecule has 3 aromatic rings. The van der Waals surface area contributed by atoms with Gasteiger partial charge in [0.1, 0.15) is 11.4 Å². The third-order valence-corrected chi connectivity index (χ3v) is 3.60. The molecule has 0 heterocycles. The van der Waals surface area contributed by atoms with E-state index in [9.17, 15) is 13.6 Å². The van der Waals surface area contributed by atoms with Gasteiger partial charge in [-0.25, -0.2) is 8.78 Å². The van der Waals surface area contributed by atoms with Gasteiger partial charge in [-0.05, 0) is 42.5 Å². The number of amides is 1. The number of para-hydroxylation sites is 2. The van der Waals surface area contributed by atoms with E-state index in [4.69, 9.17) is 9.47 Å². The fourth-order valence-electron chi connectivity index (χ4n) is 2.32. The summed E-state index contributed by atoms with van der Waals surface area (Å²) in [6, 6.07) is 16.7. The zero-order valence-electron chi connectivity index (χ0n) is 13.8. The minimum Gasteiger partial charge on any atom is -0.494 e. The molecule has 0 aliphatic heterocycles. The summed E-state index contributed by atoms with van der Waals surface area (Å²) in [6.45, 7) is 0. The Bertz CT molecular complexity index is 930. The van der Waals surface area contributed by atoms with E-state index in [0.717, 1.165) is 6.07 Å². The molecular weight excluding hydrogens is 340 g/mol. The Balaban J connectivity index is 1.87. The molecule has 0 atom stereocenters. The summed E-state index contributed by atoms with van der Waals surface area (Å²) in [4.78, 5) is 12.4. The molecule has 3 rings (SSSR count). The molecule has 0 saturated carbocycles.